The van der Waals surface area contributed by atoms with Crippen LogP contribution in [0.4, 0.5) is 5.82 Å². The summed E-state index contributed by atoms with van der Waals surface area (Å²) in [4.78, 5) is 8.92. The third-order valence-corrected chi connectivity index (χ3v) is 2.95. The fourth-order valence-electron chi connectivity index (χ4n) is 2.16. The number of aromatic nitrogens is 2. The van der Waals surface area contributed by atoms with Crippen molar-refractivity contribution < 1.29 is 5.11 Å². The van der Waals surface area contributed by atoms with Gasteiger partial charge < -0.3 is 10.5 Å². The SMILES string of the molecule is Cc1nc(-c2cccc(O)c2)nc(NN)c1C(C)C. The standard InChI is InChI=1S/C14H18N4O/c1-8(2)12-9(3)16-13(17-14(12)18-15)10-5-4-6-11(19)7-10/h4-8,19H,15H2,1-3H3,(H,16,17,18). The summed E-state index contributed by atoms with van der Waals surface area (Å²) in [7, 11) is 0. The summed E-state index contributed by atoms with van der Waals surface area (Å²) in [5.41, 5.74) is 5.28. The van der Waals surface area contributed by atoms with Gasteiger partial charge in [0.15, 0.2) is 5.82 Å². The van der Waals surface area contributed by atoms with Gasteiger partial charge in [-0.15, -0.1) is 0 Å². The summed E-state index contributed by atoms with van der Waals surface area (Å²) >= 11 is 0. The molecule has 0 bridgehead atoms. The van der Waals surface area contributed by atoms with E-state index in [0.717, 1.165) is 16.8 Å². The van der Waals surface area contributed by atoms with E-state index in [-0.39, 0.29) is 11.7 Å². The van der Waals surface area contributed by atoms with Crippen LogP contribution in [0.3, 0.4) is 0 Å². The molecule has 0 radical (unpaired) electrons. The van der Waals surface area contributed by atoms with Crippen LogP contribution in [0.25, 0.3) is 11.4 Å². The molecule has 0 saturated heterocycles. The number of aromatic hydroxyl groups is 1. The number of nitrogen functional groups attached to an aromatic ring is 1. The van der Waals surface area contributed by atoms with E-state index < -0.39 is 0 Å². The zero-order valence-electron chi connectivity index (χ0n) is 11.3. The maximum absolute atomic E-state index is 9.52. The summed E-state index contributed by atoms with van der Waals surface area (Å²) < 4.78 is 0. The lowest BCUT2D eigenvalue weighted by molar-refractivity contribution is 0.475. The highest BCUT2D eigenvalue weighted by atomic mass is 16.3. The van der Waals surface area contributed by atoms with Crippen molar-refractivity contribution in [3.05, 3.63) is 35.5 Å². The average molecular weight is 258 g/mol. The molecule has 1 aromatic carbocycles. The molecule has 0 spiro atoms. The predicted octanol–water partition coefficient (Wildman–Crippen LogP) is 2.57. The van der Waals surface area contributed by atoms with Crippen molar-refractivity contribution in [3.8, 4) is 17.1 Å². The molecule has 0 fully saturated rings. The maximum Gasteiger partial charge on any atom is 0.161 e. The molecule has 0 aliphatic heterocycles. The number of phenolic OH excluding ortho intramolecular Hbond substituents is 1. The molecule has 0 unspecified atom stereocenters. The van der Waals surface area contributed by atoms with Crippen LogP contribution in [0.2, 0.25) is 0 Å². The Labute approximate surface area is 112 Å². The number of hydrogen-bond acceptors (Lipinski definition) is 5. The summed E-state index contributed by atoms with van der Waals surface area (Å²) in [6, 6.07) is 6.85. The molecular weight excluding hydrogens is 240 g/mol. The average Bonchev–Trinajstić information content (AvgIpc) is 2.37. The second-order valence-corrected chi connectivity index (χ2v) is 4.74. The van der Waals surface area contributed by atoms with Crippen LogP contribution in [0.5, 0.6) is 5.75 Å². The lowest BCUT2D eigenvalue weighted by atomic mass is 10.0. The van der Waals surface area contributed by atoms with Crippen LogP contribution in [-0.4, -0.2) is 15.1 Å². The van der Waals surface area contributed by atoms with Gasteiger partial charge in [-0.3, -0.25) is 0 Å². The highest BCUT2D eigenvalue weighted by molar-refractivity contribution is 5.61. The van der Waals surface area contributed by atoms with Crippen LogP contribution in [0.1, 0.15) is 31.0 Å². The zero-order chi connectivity index (χ0) is 14.0. The van der Waals surface area contributed by atoms with Gasteiger partial charge in [-0.05, 0) is 25.0 Å². The summed E-state index contributed by atoms with van der Waals surface area (Å²) in [5, 5.41) is 9.52. The number of benzene rings is 1. The molecule has 0 atom stereocenters. The first-order valence-electron chi connectivity index (χ1n) is 6.17. The first kappa shape index (κ1) is 13.3. The quantitative estimate of drug-likeness (QED) is 0.582. The van der Waals surface area contributed by atoms with Gasteiger partial charge in [-0.2, -0.15) is 0 Å². The molecule has 5 nitrogen and oxygen atoms in total. The Hall–Kier alpha value is -2.14. The van der Waals surface area contributed by atoms with Crippen molar-refractivity contribution in [3.63, 3.8) is 0 Å². The second-order valence-electron chi connectivity index (χ2n) is 4.74. The van der Waals surface area contributed by atoms with Crippen molar-refractivity contribution in [2.45, 2.75) is 26.7 Å². The number of nitrogens with one attached hydrogen (secondary N) is 1. The van der Waals surface area contributed by atoms with E-state index in [1.807, 2.05) is 13.0 Å². The number of anilines is 1. The minimum absolute atomic E-state index is 0.189. The molecule has 4 N–H and O–H groups in total. The molecular formula is C14H18N4O. The van der Waals surface area contributed by atoms with Gasteiger partial charge in [0.25, 0.3) is 0 Å². The smallest absolute Gasteiger partial charge is 0.161 e. The first-order chi connectivity index (χ1) is 9.02. The van der Waals surface area contributed by atoms with E-state index in [1.54, 1.807) is 18.2 Å². The van der Waals surface area contributed by atoms with Gasteiger partial charge >= 0.3 is 0 Å². The first-order valence-corrected chi connectivity index (χ1v) is 6.17. The molecule has 100 valence electrons. The second kappa shape index (κ2) is 5.24. The third kappa shape index (κ3) is 2.66. The molecule has 0 saturated carbocycles. The highest BCUT2D eigenvalue weighted by Gasteiger charge is 2.15. The molecule has 19 heavy (non-hydrogen) atoms. The van der Waals surface area contributed by atoms with Crippen molar-refractivity contribution in [1.82, 2.24) is 9.97 Å². The molecule has 0 aliphatic rings. The monoisotopic (exact) mass is 258 g/mol. The third-order valence-electron chi connectivity index (χ3n) is 2.95. The van der Waals surface area contributed by atoms with Crippen molar-refractivity contribution in [1.29, 1.82) is 0 Å². The fourth-order valence-corrected chi connectivity index (χ4v) is 2.16. The number of nitrogens with two attached hydrogens (primary N) is 1. The van der Waals surface area contributed by atoms with Crippen LogP contribution < -0.4 is 11.3 Å². The molecule has 5 heteroatoms. The zero-order valence-corrected chi connectivity index (χ0v) is 11.3. The molecule has 2 rings (SSSR count). The molecule has 0 aliphatic carbocycles. The number of nitrogens with zero attached hydrogens (tertiary/aromatic N) is 2. The maximum atomic E-state index is 9.52. The Kier molecular flexibility index (Phi) is 3.66. The number of hydrazine groups is 1. The van der Waals surface area contributed by atoms with Gasteiger partial charge in [0.1, 0.15) is 11.6 Å². The van der Waals surface area contributed by atoms with E-state index in [1.165, 1.54) is 0 Å². The van der Waals surface area contributed by atoms with Gasteiger partial charge in [-0.25, -0.2) is 15.8 Å². The lowest BCUT2D eigenvalue weighted by Gasteiger charge is -2.15. The van der Waals surface area contributed by atoms with Gasteiger partial charge in [-0.1, -0.05) is 26.0 Å². The van der Waals surface area contributed by atoms with Crippen LogP contribution in [0.15, 0.2) is 24.3 Å². The molecule has 1 aromatic heterocycles. The van der Waals surface area contributed by atoms with E-state index in [4.69, 9.17) is 5.84 Å². The van der Waals surface area contributed by atoms with Crippen molar-refractivity contribution >= 4 is 5.82 Å². The van der Waals surface area contributed by atoms with Gasteiger partial charge in [0, 0.05) is 16.8 Å². The highest BCUT2D eigenvalue weighted by Crippen LogP contribution is 2.28. The Morgan fingerprint density at radius 1 is 1.26 bits per heavy atom. The fraction of sp³-hybridized carbons (Fsp3) is 0.286. The predicted molar refractivity (Wildman–Crippen MR) is 75.8 cm³/mol. The summed E-state index contributed by atoms with van der Waals surface area (Å²) in [6.07, 6.45) is 0. The Bertz CT molecular complexity index is 596. The number of rotatable bonds is 3. The van der Waals surface area contributed by atoms with Crippen LogP contribution >= 0.6 is 0 Å². The topological polar surface area (TPSA) is 84.1 Å². The summed E-state index contributed by atoms with van der Waals surface area (Å²) in [6.45, 7) is 6.07. The normalized spacial score (nSPS) is 10.8. The largest absolute Gasteiger partial charge is 0.508 e. The molecule has 0 amide bonds. The lowest BCUT2D eigenvalue weighted by Crippen LogP contribution is -2.14. The number of hydrogen-bond donors (Lipinski definition) is 3. The van der Waals surface area contributed by atoms with Gasteiger partial charge in [0.05, 0.1) is 0 Å². The minimum atomic E-state index is 0.189. The van der Waals surface area contributed by atoms with Gasteiger partial charge in [0.2, 0.25) is 0 Å². The van der Waals surface area contributed by atoms with Crippen LogP contribution in [-0.2, 0) is 0 Å². The Morgan fingerprint density at radius 3 is 2.58 bits per heavy atom. The van der Waals surface area contributed by atoms with E-state index in [2.05, 4.69) is 29.2 Å². The van der Waals surface area contributed by atoms with E-state index in [9.17, 15) is 5.11 Å². The van der Waals surface area contributed by atoms with Crippen molar-refractivity contribution in [2.24, 2.45) is 5.84 Å². The Morgan fingerprint density at radius 2 is 2.00 bits per heavy atom. The van der Waals surface area contributed by atoms with Crippen molar-refractivity contribution in [2.75, 3.05) is 5.43 Å². The van der Waals surface area contributed by atoms with E-state index in [0.29, 0.717) is 11.6 Å². The van der Waals surface area contributed by atoms with Crippen LogP contribution in [0, 0.1) is 6.92 Å². The molecule has 2 aromatic rings. The minimum Gasteiger partial charge on any atom is -0.508 e. The summed E-state index contributed by atoms with van der Waals surface area (Å²) in [5.74, 6) is 7.19. The Balaban J connectivity index is 2.58. The molecule has 1 heterocycles. The number of aryl methyl sites for hydroxylation is 1. The number of phenols is 1. The van der Waals surface area contributed by atoms with E-state index >= 15 is 0 Å².